The van der Waals surface area contributed by atoms with Crippen LogP contribution in [0.4, 0.5) is 0 Å². The summed E-state index contributed by atoms with van der Waals surface area (Å²) in [5.74, 6) is -5.51. The molecule has 0 amide bonds. The van der Waals surface area contributed by atoms with Crippen LogP contribution in [0, 0.1) is 29.6 Å². The second-order valence-corrected chi connectivity index (χ2v) is 16.6. The van der Waals surface area contributed by atoms with Crippen molar-refractivity contribution in [2.75, 3.05) is 14.1 Å². The van der Waals surface area contributed by atoms with Gasteiger partial charge in [0.2, 0.25) is 0 Å². The molecule has 3 heterocycles. The molecule has 0 aromatic carbocycles. The molecule has 18 unspecified atom stereocenters. The number of likely N-dealkylation sites (N-methyl/N-ethyl adjacent to an activating group) is 1. The minimum absolute atomic E-state index is 0.0816. The van der Waals surface area contributed by atoms with E-state index < -0.39 is 108 Å². The van der Waals surface area contributed by atoms with Crippen molar-refractivity contribution >= 4 is 17.7 Å². The summed E-state index contributed by atoms with van der Waals surface area (Å²) in [4.78, 5) is 41.8. The molecule has 0 aromatic rings. The number of nitrogens with zero attached hydrogens (tertiary/aromatic N) is 1. The van der Waals surface area contributed by atoms with Gasteiger partial charge in [-0.2, -0.15) is 0 Å². The third-order valence-electron chi connectivity index (χ3n) is 11.7. The lowest BCUT2D eigenvalue weighted by atomic mass is 9.74. The van der Waals surface area contributed by atoms with Gasteiger partial charge in [-0.1, -0.05) is 34.6 Å². The number of aliphatic hydroxyl groups excluding tert-OH is 3. The van der Waals surface area contributed by atoms with E-state index in [1.807, 2.05) is 32.8 Å². The Bertz CT molecular complexity index is 1220. The number of aliphatic hydroxyl groups is 4. The lowest BCUT2D eigenvalue weighted by Gasteiger charge is -2.49. The number of cyclic esters (lactones) is 1. The Kier molecular flexibility index (Phi) is 15.3. The lowest BCUT2D eigenvalue weighted by Crippen LogP contribution is -2.61. The summed E-state index contributed by atoms with van der Waals surface area (Å²) < 4.78 is 37.1. The van der Waals surface area contributed by atoms with Gasteiger partial charge in [-0.05, 0) is 68.0 Å². The lowest BCUT2D eigenvalue weighted by molar-refractivity contribution is -0.317. The Hall–Kier alpha value is -1.75. The normalized spacial score (nSPS) is 47.4. The molecule has 3 aliphatic heterocycles. The molecule has 0 aliphatic carbocycles. The molecule has 0 aromatic heterocycles. The van der Waals surface area contributed by atoms with Crippen molar-refractivity contribution in [3.05, 3.63) is 0 Å². The van der Waals surface area contributed by atoms with E-state index in [9.17, 15) is 34.8 Å². The van der Waals surface area contributed by atoms with Crippen molar-refractivity contribution in [3.63, 3.8) is 0 Å². The van der Waals surface area contributed by atoms with Gasteiger partial charge >= 0.3 is 11.9 Å². The van der Waals surface area contributed by atoms with Crippen molar-refractivity contribution in [1.29, 1.82) is 0 Å². The Morgan fingerprint density at radius 1 is 0.904 bits per heavy atom. The molecule has 14 nitrogen and oxygen atoms in total. The molecule has 0 spiro atoms. The van der Waals surface area contributed by atoms with Crippen LogP contribution in [-0.2, 0) is 42.8 Å². The van der Waals surface area contributed by atoms with E-state index in [0.717, 1.165) is 0 Å². The van der Waals surface area contributed by atoms with E-state index in [1.165, 1.54) is 13.8 Å². The van der Waals surface area contributed by atoms with Crippen LogP contribution in [0.15, 0.2) is 0 Å². The fourth-order valence-electron chi connectivity index (χ4n) is 8.58. The van der Waals surface area contributed by atoms with Crippen LogP contribution in [0.1, 0.15) is 102 Å². The Morgan fingerprint density at radius 3 is 2.08 bits per heavy atom. The van der Waals surface area contributed by atoms with Crippen molar-refractivity contribution in [2.45, 2.75) is 181 Å². The molecule has 3 saturated heterocycles. The first-order valence-corrected chi connectivity index (χ1v) is 18.9. The predicted molar refractivity (Wildman–Crippen MR) is 190 cm³/mol. The van der Waals surface area contributed by atoms with Crippen LogP contribution in [-0.4, -0.2) is 136 Å². The fraction of sp³-hybridized carbons (Fsp3) is 0.921. The summed E-state index contributed by atoms with van der Waals surface area (Å²) in [5, 5.41) is 46.2. The summed E-state index contributed by atoms with van der Waals surface area (Å²) in [6.07, 6.45) is -9.12. The van der Waals surface area contributed by atoms with Gasteiger partial charge in [-0.3, -0.25) is 14.4 Å². The quantitative estimate of drug-likeness (QED) is 0.278. The second kappa shape index (κ2) is 17.8. The molecule has 14 heteroatoms. The van der Waals surface area contributed by atoms with Crippen LogP contribution in [0.5, 0.6) is 0 Å². The topological polar surface area (TPSA) is 191 Å². The zero-order chi connectivity index (χ0) is 39.6. The average molecular weight is 746 g/mol. The minimum Gasteiger partial charge on any atom is -0.462 e. The molecular weight excluding hydrogens is 678 g/mol. The van der Waals surface area contributed by atoms with Crippen molar-refractivity contribution in [2.24, 2.45) is 29.6 Å². The van der Waals surface area contributed by atoms with E-state index in [2.05, 4.69) is 0 Å². The van der Waals surface area contributed by atoms with Gasteiger partial charge in [0.05, 0.1) is 42.0 Å². The molecule has 4 N–H and O–H groups in total. The van der Waals surface area contributed by atoms with Crippen LogP contribution in [0.3, 0.4) is 0 Å². The average Bonchev–Trinajstić information content (AvgIpc) is 3.05. The third kappa shape index (κ3) is 10.1. The smallest absolute Gasteiger partial charge is 0.311 e. The highest BCUT2D eigenvalue weighted by molar-refractivity contribution is 5.83. The number of hydrogen-bond donors (Lipinski definition) is 4. The first kappa shape index (κ1) is 44.6. The predicted octanol–water partition coefficient (Wildman–Crippen LogP) is 2.59. The molecular formula is C38H67NO13. The molecule has 3 aliphatic rings. The minimum atomic E-state index is -1.77. The van der Waals surface area contributed by atoms with Gasteiger partial charge in [0.1, 0.15) is 29.7 Å². The maximum Gasteiger partial charge on any atom is 0.311 e. The number of Topliss-reactive ketones (excluding diaryl/α,β-unsaturated/α-hetero) is 1. The van der Waals surface area contributed by atoms with E-state index in [1.54, 1.807) is 48.5 Å². The van der Waals surface area contributed by atoms with Gasteiger partial charge in [0.25, 0.3) is 0 Å². The van der Waals surface area contributed by atoms with Gasteiger partial charge in [0, 0.05) is 43.1 Å². The maximum atomic E-state index is 14.1. The van der Waals surface area contributed by atoms with Crippen molar-refractivity contribution in [1.82, 2.24) is 4.90 Å². The molecule has 18 atom stereocenters. The van der Waals surface area contributed by atoms with E-state index in [0.29, 0.717) is 12.8 Å². The number of carbonyl (C=O) groups excluding carboxylic acids is 3. The Labute approximate surface area is 309 Å². The molecule has 0 saturated carbocycles. The Morgan fingerprint density at radius 2 is 1.52 bits per heavy atom. The number of hydrogen-bond acceptors (Lipinski definition) is 14. The van der Waals surface area contributed by atoms with Crippen LogP contribution in [0.25, 0.3) is 0 Å². The summed E-state index contributed by atoms with van der Waals surface area (Å²) in [5.41, 5.74) is -3.15. The summed E-state index contributed by atoms with van der Waals surface area (Å²) in [6.45, 7) is 18.1. The van der Waals surface area contributed by atoms with Gasteiger partial charge in [0.15, 0.2) is 12.6 Å². The molecule has 52 heavy (non-hydrogen) atoms. The van der Waals surface area contributed by atoms with Gasteiger partial charge in [-0.25, -0.2) is 0 Å². The maximum absolute atomic E-state index is 14.1. The first-order valence-electron chi connectivity index (χ1n) is 18.9. The van der Waals surface area contributed by atoms with Crippen LogP contribution >= 0.6 is 0 Å². The number of rotatable bonds is 7. The highest BCUT2D eigenvalue weighted by atomic mass is 16.7. The standard InChI is InChI=1S/C38H67NO13/c1-14-27-20(4)30(42)21(5)29(41)18(2)16-37(10,46)34(51-36-31(43)26(39(12)13)15-19(3)47-36)22(6)32(23(7)35(45)49-27)50-28-17-38(11,52-25(9)40)33(44)24(8)48-28/h18-24,26-28,30-34,36,42-44,46H,14-17H2,1-13H3. The monoisotopic (exact) mass is 745 g/mol. The van der Waals surface area contributed by atoms with Crippen molar-refractivity contribution < 1.29 is 63.2 Å². The molecule has 3 fully saturated rings. The molecule has 0 radical (unpaired) electrons. The summed E-state index contributed by atoms with van der Waals surface area (Å²) in [7, 11) is 3.69. The second-order valence-electron chi connectivity index (χ2n) is 16.6. The highest BCUT2D eigenvalue weighted by Crippen LogP contribution is 2.40. The fourth-order valence-corrected chi connectivity index (χ4v) is 8.58. The van der Waals surface area contributed by atoms with E-state index in [-0.39, 0.29) is 30.8 Å². The van der Waals surface area contributed by atoms with E-state index >= 15 is 0 Å². The Balaban J connectivity index is 2.17. The van der Waals surface area contributed by atoms with Gasteiger partial charge < -0.3 is 53.7 Å². The van der Waals surface area contributed by atoms with E-state index in [4.69, 9.17) is 28.4 Å². The van der Waals surface area contributed by atoms with Crippen LogP contribution in [0.2, 0.25) is 0 Å². The number of ether oxygens (including phenoxy) is 6. The summed E-state index contributed by atoms with van der Waals surface area (Å²) >= 11 is 0. The van der Waals surface area contributed by atoms with Crippen molar-refractivity contribution in [3.8, 4) is 0 Å². The molecule has 302 valence electrons. The summed E-state index contributed by atoms with van der Waals surface area (Å²) in [6, 6.07) is -0.327. The zero-order valence-electron chi connectivity index (χ0n) is 33.5. The number of carbonyl (C=O) groups is 3. The number of esters is 2. The van der Waals surface area contributed by atoms with Gasteiger partial charge in [-0.15, -0.1) is 0 Å². The largest absolute Gasteiger partial charge is 0.462 e. The zero-order valence-corrected chi connectivity index (χ0v) is 33.5. The molecule has 3 rings (SSSR count). The SMILES string of the molecule is CCC1OC(=O)C(C)C(OC2CC(C)(OC(C)=O)C(O)C(C)O2)C(C)C(OC2OC(C)CC(N(C)C)C2O)C(C)(O)CC(C)C(=O)C(C)C(O)C1C. The molecule has 0 bridgehead atoms. The third-order valence-corrected chi connectivity index (χ3v) is 11.7. The van der Waals surface area contributed by atoms with Crippen LogP contribution < -0.4 is 0 Å². The highest BCUT2D eigenvalue weighted by Gasteiger charge is 2.53. The number of ketones is 1. The first-order chi connectivity index (χ1) is 23.9.